The van der Waals surface area contributed by atoms with Gasteiger partial charge < -0.3 is 20.3 Å². The maximum absolute atomic E-state index is 11.6. The van der Waals surface area contributed by atoms with Crippen LogP contribution in [0.2, 0.25) is 0 Å². The van der Waals surface area contributed by atoms with E-state index < -0.39 is 23.7 Å². The number of esters is 1. The van der Waals surface area contributed by atoms with E-state index in [1.165, 1.54) is 12.0 Å². The first-order valence-electron chi connectivity index (χ1n) is 6.61. The van der Waals surface area contributed by atoms with Crippen molar-refractivity contribution in [2.24, 2.45) is 5.73 Å². The zero-order valence-electron chi connectivity index (χ0n) is 12.9. The molecule has 21 heavy (non-hydrogen) atoms. The van der Waals surface area contributed by atoms with Crippen molar-refractivity contribution in [1.29, 1.82) is 0 Å². The lowest BCUT2D eigenvalue weighted by Crippen LogP contribution is -2.43. The van der Waals surface area contributed by atoms with E-state index >= 15 is 0 Å². The highest BCUT2D eigenvalue weighted by Crippen LogP contribution is 2.20. The van der Waals surface area contributed by atoms with Crippen LogP contribution in [0.25, 0.3) is 0 Å². The number of amides is 1. The molecule has 1 aliphatic rings. The van der Waals surface area contributed by atoms with Gasteiger partial charge in [0.1, 0.15) is 11.6 Å². The molecule has 8 heteroatoms. The van der Waals surface area contributed by atoms with E-state index in [2.05, 4.69) is 4.74 Å². The molecule has 0 spiro atoms. The van der Waals surface area contributed by atoms with Crippen LogP contribution in [0.4, 0.5) is 4.79 Å². The molecule has 0 aliphatic carbocycles. The van der Waals surface area contributed by atoms with Gasteiger partial charge in [0.25, 0.3) is 0 Å². The van der Waals surface area contributed by atoms with Crippen molar-refractivity contribution in [3.05, 3.63) is 0 Å². The fourth-order valence-electron chi connectivity index (χ4n) is 1.65. The summed E-state index contributed by atoms with van der Waals surface area (Å²) in [5.74, 6) is -1.34. The lowest BCUT2D eigenvalue weighted by atomic mass is 10.2. The molecule has 0 bridgehead atoms. The summed E-state index contributed by atoms with van der Waals surface area (Å²) in [4.78, 5) is 33.6. The highest BCUT2D eigenvalue weighted by Gasteiger charge is 2.36. The molecule has 0 unspecified atom stereocenters. The minimum Gasteiger partial charge on any atom is -0.480 e. The van der Waals surface area contributed by atoms with E-state index in [1.54, 1.807) is 20.8 Å². The van der Waals surface area contributed by atoms with E-state index in [1.807, 2.05) is 0 Å². The standard InChI is InChI=1S/C10H17NO4.C3H7NO2/c1-10(2,3)15-9(14)11-6-4-5-7(11)8(12)13;1-6-3(5)2-4/h7H,4-6H2,1-3H3,(H,12,13);2,4H2,1H3/t7-;/m0./s1. The average Bonchev–Trinajstić information content (AvgIpc) is 2.86. The van der Waals surface area contributed by atoms with E-state index in [9.17, 15) is 14.4 Å². The molecule has 0 aromatic rings. The van der Waals surface area contributed by atoms with Gasteiger partial charge in [-0.1, -0.05) is 0 Å². The number of carbonyl (C=O) groups is 3. The third kappa shape index (κ3) is 7.50. The summed E-state index contributed by atoms with van der Waals surface area (Å²) < 4.78 is 9.26. The molecule has 122 valence electrons. The first-order valence-corrected chi connectivity index (χ1v) is 6.61. The monoisotopic (exact) mass is 304 g/mol. The van der Waals surface area contributed by atoms with Crippen molar-refractivity contribution in [2.75, 3.05) is 20.2 Å². The minimum absolute atomic E-state index is 0.0312. The van der Waals surface area contributed by atoms with Crippen LogP contribution < -0.4 is 5.73 Å². The van der Waals surface area contributed by atoms with Gasteiger partial charge in [-0.2, -0.15) is 0 Å². The Morgan fingerprint density at radius 2 is 1.90 bits per heavy atom. The molecule has 1 rings (SSSR count). The third-order valence-electron chi connectivity index (χ3n) is 2.56. The number of nitrogens with zero attached hydrogens (tertiary/aromatic N) is 1. The van der Waals surface area contributed by atoms with E-state index in [-0.39, 0.29) is 12.5 Å². The topological polar surface area (TPSA) is 119 Å². The molecule has 0 aromatic carbocycles. The molecule has 0 aromatic heterocycles. The molecule has 1 heterocycles. The number of rotatable bonds is 2. The maximum Gasteiger partial charge on any atom is 0.411 e. The Hall–Kier alpha value is -1.83. The quantitative estimate of drug-likeness (QED) is 0.716. The number of hydrogen-bond donors (Lipinski definition) is 2. The zero-order valence-corrected chi connectivity index (χ0v) is 12.9. The average molecular weight is 304 g/mol. The van der Waals surface area contributed by atoms with Gasteiger partial charge >= 0.3 is 18.0 Å². The number of aliphatic carboxylic acids is 1. The molecule has 1 aliphatic heterocycles. The highest BCUT2D eigenvalue weighted by molar-refractivity contribution is 5.80. The van der Waals surface area contributed by atoms with Crippen molar-refractivity contribution < 1.29 is 29.0 Å². The second-order valence-electron chi connectivity index (χ2n) is 5.45. The van der Waals surface area contributed by atoms with Crippen LogP contribution in [0, 0.1) is 0 Å². The van der Waals surface area contributed by atoms with Crippen LogP contribution in [0.5, 0.6) is 0 Å². The molecule has 1 amide bonds. The molecule has 0 saturated carbocycles. The number of carboxylic acid groups (broad SMARTS) is 1. The van der Waals surface area contributed by atoms with Crippen molar-refractivity contribution in [3.63, 3.8) is 0 Å². The van der Waals surface area contributed by atoms with Gasteiger partial charge in [-0.3, -0.25) is 9.69 Å². The molecule has 0 radical (unpaired) electrons. The van der Waals surface area contributed by atoms with Crippen LogP contribution in [0.3, 0.4) is 0 Å². The van der Waals surface area contributed by atoms with Gasteiger partial charge in [-0.15, -0.1) is 0 Å². The summed E-state index contributed by atoms with van der Waals surface area (Å²) in [6.07, 6.45) is 0.692. The molecule has 8 nitrogen and oxygen atoms in total. The summed E-state index contributed by atoms with van der Waals surface area (Å²) in [5, 5.41) is 8.88. The van der Waals surface area contributed by atoms with E-state index in [0.717, 1.165) is 6.42 Å². The summed E-state index contributed by atoms with van der Waals surface area (Å²) in [6, 6.07) is -0.722. The summed E-state index contributed by atoms with van der Waals surface area (Å²) in [5.41, 5.74) is 4.23. The first-order chi connectivity index (χ1) is 9.62. The first kappa shape index (κ1) is 19.2. The fraction of sp³-hybridized carbons (Fsp3) is 0.769. The highest BCUT2D eigenvalue weighted by atomic mass is 16.6. The molecule has 3 N–H and O–H groups in total. The van der Waals surface area contributed by atoms with Crippen molar-refractivity contribution in [1.82, 2.24) is 4.90 Å². The lowest BCUT2D eigenvalue weighted by Gasteiger charge is -2.26. The van der Waals surface area contributed by atoms with Gasteiger partial charge in [0.05, 0.1) is 13.7 Å². The molecule has 1 fully saturated rings. The molecule has 1 saturated heterocycles. The van der Waals surface area contributed by atoms with Crippen molar-refractivity contribution >= 4 is 18.0 Å². The zero-order chi connectivity index (χ0) is 16.6. The fourth-order valence-corrected chi connectivity index (χ4v) is 1.65. The second-order valence-corrected chi connectivity index (χ2v) is 5.45. The van der Waals surface area contributed by atoms with Crippen LogP contribution in [0.15, 0.2) is 0 Å². The minimum atomic E-state index is -0.960. The van der Waals surface area contributed by atoms with Crippen LogP contribution >= 0.6 is 0 Å². The maximum atomic E-state index is 11.6. The summed E-state index contributed by atoms with van der Waals surface area (Å²) in [7, 11) is 1.30. The largest absolute Gasteiger partial charge is 0.480 e. The van der Waals surface area contributed by atoms with Crippen molar-refractivity contribution in [2.45, 2.75) is 45.3 Å². The SMILES string of the molecule is CC(C)(C)OC(=O)N1CCC[C@H]1C(=O)O.COC(=O)CN. The second kappa shape index (κ2) is 8.46. The van der Waals surface area contributed by atoms with Gasteiger partial charge in [-0.25, -0.2) is 9.59 Å². The summed E-state index contributed by atoms with van der Waals surface area (Å²) >= 11 is 0. The van der Waals surface area contributed by atoms with Gasteiger partial charge in [0, 0.05) is 6.54 Å². The Kier molecular flexibility index (Phi) is 7.72. The molecular formula is C13H24N2O6. The number of carbonyl (C=O) groups excluding carboxylic acids is 2. The smallest absolute Gasteiger partial charge is 0.411 e. The number of hydrogen-bond acceptors (Lipinski definition) is 6. The number of methoxy groups -OCH3 is 1. The van der Waals surface area contributed by atoms with E-state index in [4.69, 9.17) is 15.6 Å². The predicted octanol–water partition coefficient (Wildman–Crippen LogP) is 0.589. The number of nitrogens with two attached hydrogens (primary N) is 1. The lowest BCUT2D eigenvalue weighted by molar-refractivity contribution is -0.142. The van der Waals surface area contributed by atoms with Crippen LogP contribution in [0.1, 0.15) is 33.6 Å². The Labute approximate surface area is 124 Å². The Morgan fingerprint density at radius 1 is 1.33 bits per heavy atom. The number of carboxylic acids is 1. The van der Waals surface area contributed by atoms with Crippen LogP contribution in [-0.4, -0.2) is 59.9 Å². The molecule has 1 atom stereocenters. The van der Waals surface area contributed by atoms with Gasteiger partial charge in [-0.05, 0) is 33.6 Å². The Bertz CT molecular complexity index is 371. The Balaban J connectivity index is 0.000000567. The van der Waals surface area contributed by atoms with Crippen LogP contribution in [-0.2, 0) is 19.1 Å². The number of likely N-dealkylation sites (tertiary alicyclic amines) is 1. The number of ether oxygens (including phenoxy) is 2. The van der Waals surface area contributed by atoms with E-state index in [0.29, 0.717) is 13.0 Å². The third-order valence-corrected chi connectivity index (χ3v) is 2.56. The normalized spacial score (nSPS) is 17.6. The summed E-state index contributed by atoms with van der Waals surface area (Å²) in [6.45, 7) is 5.71. The Morgan fingerprint density at radius 3 is 2.24 bits per heavy atom. The van der Waals surface area contributed by atoms with Gasteiger partial charge in [0.2, 0.25) is 0 Å². The molecular weight excluding hydrogens is 280 g/mol. The predicted molar refractivity (Wildman–Crippen MR) is 74.7 cm³/mol. The van der Waals surface area contributed by atoms with Crippen molar-refractivity contribution in [3.8, 4) is 0 Å². The van der Waals surface area contributed by atoms with Gasteiger partial charge in [0.15, 0.2) is 0 Å².